The lowest BCUT2D eigenvalue weighted by Crippen LogP contribution is -2.19. The van der Waals surface area contributed by atoms with Crippen molar-refractivity contribution in [2.24, 2.45) is 7.05 Å². The summed E-state index contributed by atoms with van der Waals surface area (Å²) >= 11 is 5.73. The highest BCUT2D eigenvalue weighted by molar-refractivity contribution is 6.28. The zero-order chi connectivity index (χ0) is 11.9. The van der Waals surface area contributed by atoms with Gasteiger partial charge in [0.2, 0.25) is 5.28 Å². The van der Waals surface area contributed by atoms with Crippen molar-refractivity contribution in [2.75, 3.05) is 0 Å². The van der Waals surface area contributed by atoms with Crippen LogP contribution in [-0.2, 0) is 7.05 Å². The molecule has 0 amide bonds. The molecule has 0 fully saturated rings. The van der Waals surface area contributed by atoms with Crippen molar-refractivity contribution in [1.82, 2.24) is 9.55 Å². The number of aromatic nitrogens is 2. The van der Waals surface area contributed by atoms with E-state index in [0.29, 0.717) is 5.52 Å². The number of carboxylic acid groups (broad SMARTS) is 1. The van der Waals surface area contributed by atoms with E-state index >= 15 is 0 Å². The Morgan fingerprint density at radius 2 is 2.19 bits per heavy atom. The summed E-state index contributed by atoms with van der Waals surface area (Å²) in [6.07, 6.45) is 0. The SMILES string of the molecule is Cn1c(Cl)nc2ccc(C(=O)O)cc2c1=O. The van der Waals surface area contributed by atoms with E-state index in [1.807, 2.05) is 0 Å². The van der Waals surface area contributed by atoms with Crippen LogP contribution in [0.5, 0.6) is 0 Å². The van der Waals surface area contributed by atoms with E-state index in [2.05, 4.69) is 4.98 Å². The van der Waals surface area contributed by atoms with Gasteiger partial charge in [-0.15, -0.1) is 0 Å². The topological polar surface area (TPSA) is 72.2 Å². The highest BCUT2D eigenvalue weighted by atomic mass is 35.5. The van der Waals surface area contributed by atoms with Gasteiger partial charge in [-0.25, -0.2) is 9.78 Å². The van der Waals surface area contributed by atoms with E-state index in [0.717, 1.165) is 4.57 Å². The van der Waals surface area contributed by atoms with Crippen molar-refractivity contribution in [3.63, 3.8) is 0 Å². The summed E-state index contributed by atoms with van der Waals surface area (Å²) in [6.45, 7) is 0. The van der Waals surface area contributed by atoms with E-state index in [-0.39, 0.29) is 21.8 Å². The van der Waals surface area contributed by atoms with Crippen LogP contribution >= 0.6 is 11.6 Å². The maximum absolute atomic E-state index is 11.8. The molecule has 2 aromatic rings. The number of halogens is 1. The summed E-state index contributed by atoms with van der Waals surface area (Å²) in [5.74, 6) is -1.08. The van der Waals surface area contributed by atoms with E-state index in [4.69, 9.17) is 16.7 Å². The first kappa shape index (κ1) is 10.6. The van der Waals surface area contributed by atoms with Crippen LogP contribution in [-0.4, -0.2) is 20.6 Å². The molecule has 1 heterocycles. The van der Waals surface area contributed by atoms with Crippen LogP contribution in [0.4, 0.5) is 0 Å². The average molecular weight is 239 g/mol. The molecule has 0 spiro atoms. The number of nitrogens with zero attached hydrogens (tertiary/aromatic N) is 2. The van der Waals surface area contributed by atoms with Crippen LogP contribution in [0.3, 0.4) is 0 Å². The van der Waals surface area contributed by atoms with Crippen LogP contribution in [0.25, 0.3) is 10.9 Å². The van der Waals surface area contributed by atoms with Crippen molar-refractivity contribution in [1.29, 1.82) is 0 Å². The predicted octanol–water partition coefficient (Wildman–Crippen LogP) is 1.29. The van der Waals surface area contributed by atoms with E-state index in [1.165, 1.54) is 25.2 Å². The molecule has 2 rings (SSSR count). The Balaban J connectivity index is 2.88. The van der Waals surface area contributed by atoms with Gasteiger partial charge in [0.25, 0.3) is 5.56 Å². The molecule has 1 aromatic heterocycles. The number of hydrogen-bond acceptors (Lipinski definition) is 3. The lowest BCUT2D eigenvalue weighted by atomic mass is 10.1. The summed E-state index contributed by atoms with van der Waals surface area (Å²) in [7, 11) is 1.48. The Morgan fingerprint density at radius 1 is 1.50 bits per heavy atom. The second-order valence-corrected chi connectivity index (χ2v) is 3.62. The first-order valence-corrected chi connectivity index (χ1v) is 4.78. The lowest BCUT2D eigenvalue weighted by Gasteiger charge is -2.03. The minimum atomic E-state index is -1.08. The Morgan fingerprint density at radius 3 is 2.81 bits per heavy atom. The Kier molecular flexibility index (Phi) is 2.40. The van der Waals surface area contributed by atoms with Crippen molar-refractivity contribution in [2.45, 2.75) is 0 Å². The zero-order valence-electron chi connectivity index (χ0n) is 8.27. The highest BCUT2D eigenvalue weighted by Gasteiger charge is 2.09. The maximum atomic E-state index is 11.8. The number of benzene rings is 1. The van der Waals surface area contributed by atoms with Crippen LogP contribution in [0.15, 0.2) is 23.0 Å². The third kappa shape index (κ3) is 1.55. The van der Waals surface area contributed by atoms with Crippen LogP contribution in [0, 0.1) is 0 Å². The van der Waals surface area contributed by atoms with E-state index < -0.39 is 5.97 Å². The van der Waals surface area contributed by atoms with Gasteiger partial charge in [-0.2, -0.15) is 0 Å². The average Bonchev–Trinajstić information content (AvgIpc) is 2.25. The second kappa shape index (κ2) is 3.61. The standard InChI is InChI=1S/C10H7ClN2O3/c1-13-8(14)6-4-5(9(15)16)2-3-7(6)12-10(13)11/h2-4H,1H3,(H,15,16). The van der Waals surface area contributed by atoms with Crippen LogP contribution < -0.4 is 5.56 Å². The molecule has 0 unspecified atom stereocenters. The summed E-state index contributed by atoms with van der Waals surface area (Å²) in [4.78, 5) is 26.5. The van der Waals surface area contributed by atoms with Gasteiger partial charge in [-0.3, -0.25) is 9.36 Å². The van der Waals surface area contributed by atoms with E-state index in [9.17, 15) is 9.59 Å². The van der Waals surface area contributed by atoms with Gasteiger partial charge in [0.1, 0.15) is 0 Å². The second-order valence-electron chi connectivity index (χ2n) is 3.28. The quantitative estimate of drug-likeness (QED) is 0.760. The maximum Gasteiger partial charge on any atom is 0.335 e. The predicted molar refractivity (Wildman–Crippen MR) is 59.0 cm³/mol. The molecule has 0 bridgehead atoms. The molecule has 6 heteroatoms. The fourth-order valence-corrected chi connectivity index (χ4v) is 1.54. The molecule has 0 radical (unpaired) electrons. The van der Waals surface area contributed by atoms with Crippen molar-refractivity contribution >= 4 is 28.5 Å². The molecule has 1 N–H and O–H groups in total. The molecule has 16 heavy (non-hydrogen) atoms. The van der Waals surface area contributed by atoms with Crippen molar-refractivity contribution in [3.8, 4) is 0 Å². The first-order valence-electron chi connectivity index (χ1n) is 4.40. The molecular weight excluding hydrogens is 232 g/mol. The summed E-state index contributed by atoms with van der Waals surface area (Å²) in [5.41, 5.74) is 0.0740. The molecule has 82 valence electrons. The fourth-order valence-electron chi connectivity index (χ4n) is 1.38. The summed E-state index contributed by atoms with van der Waals surface area (Å²) in [5, 5.41) is 9.12. The molecule has 0 atom stereocenters. The minimum Gasteiger partial charge on any atom is -0.478 e. The molecular formula is C10H7ClN2O3. The van der Waals surface area contributed by atoms with E-state index in [1.54, 1.807) is 0 Å². The molecule has 1 aromatic carbocycles. The summed E-state index contributed by atoms with van der Waals surface area (Å²) < 4.78 is 1.16. The number of aromatic carboxylic acids is 1. The van der Waals surface area contributed by atoms with Gasteiger partial charge in [0.15, 0.2) is 0 Å². The number of carboxylic acids is 1. The molecule has 0 aliphatic heterocycles. The molecule has 0 saturated heterocycles. The van der Waals surface area contributed by atoms with Gasteiger partial charge >= 0.3 is 5.97 Å². The van der Waals surface area contributed by atoms with Crippen LogP contribution in [0.1, 0.15) is 10.4 Å². The first-order chi connectivity index (χ1) is 7.50. The summed E-state index contributed by atoms with van der Waals surface area (Å²) in [6, 6.07) is 4.14. The Hall–Kier alpha value is -1.88. The Labute approximate surface area is 94.9 Å². The number of fused-ring (bicyclic) bond motifs is 1. The Bertz CT molecular complexity index is 648. The number of hydrogen-bond donors (Lipinski definition) is 1. The van der Waals surface area contributed by atoms with Crippen LogP contribution in [0.2, 0.25) is 5.28 Å². The zero-order valence-corrected chi connectivity index (χ0v) is 9.02. The largest absolute Gasteiger partial charge is 0.478 e. The number of rotatable bonds is 1. The molecule has 0 saturated carbocycles. The van der Waals surface area contributed by atoms with Crippen molar-refractivity contribution < 1.29 is 9.90 Å². The smallest absolute Gasteiger partial charge is 0.335 e. The van der Waals surface area contributed by atoms with Crippen molar-refractivity contribution in [3.05, 3.63) is 39.4 Å². The fraction of sp³-hybridized carbons (Fsp3) is 0.100. The third-order valence-electron chi connectivity index (χ3n) is 2.27. The normalized spacial score (nSPS) is 10.6. The van der Waals surface area contributed by atoms with Gasteiger partial charge in [0.05, 0.1) is 16.5 Å². The minimum absolute atomic E-state index is 0.0497. The highest BCUT2D eigenvalue weighted by Crippen LogP contribution is 2.13. The lowest BCUT2D eigenvalue weighted by molar-refractivity contribution is 0.0697. The van der Waals surface area contributed by atoms with Gasteiger partial charge in [0, 0.05) is 7.05 Å². The third-order valence-corrected chi connectivity index (χ3v) is 2.61. The number of carbonyl (C=O) groups is 1. The molecule has 0 aliphatic carbocycles. The van der Waals surface area contributed by atoms with Gasteiger partial charge in [-0.05, 0) is 29.8 Å². The monoisotopic (exact) mass is 238 g/mol. The van der Waals surface area contributed by atoms with Gasteiger partial charge in [-0.1, -0.05) is 0 Å². The molecule has 0 aliphatic rings. The van der Waals surface area contributed by atoms with Gasteiger partial charge < -0.3 is 5.11 Å². The molecule has 5 nitrogen and oxygen atoms in total.